The fraction of sp³-hybridized carbons (Fsp3) is 0.839. The molecule has 0 unspecified atom stereocenters. The molecule has 0 spiro atoms. The van der Waals surface area contributed by atoms with Crippen molar-refractivity contribution in [2.75, 3.05) is 39.3 Å². The summed E-state index contributed by atoms with van der Waals surface area (Å²) in [6.07, 6.45) is 15.2. The number of rotatable bonds is 19. The number of unbranched alkanes of at least 4 members (excludes halogenated alkanes) is 6. The van der Waals surface area contributed by atoms with Crippen LogP contribution in [0.4, 0.5) is 26.3 Å². The van der Waals surface area contributed by atoms with Gasteiger partial charge in [-0.3, -0.25) is 0 Å². The van der Waals surface area contributed by atoms with Crippen molar-refractivity contribution in [2.24, 2.45) is 0 Å². The summed E-state index contributed by atoms with van der Waals surface area (Å²) in [5.41, 5.74) is 0. The number of alkyl halides is 6. The van der Waals surface area contributed by atoms with Gasteiger partial charge in [0.15, 0.2) is 0 Å². The molecule has 0 amide bonds. The Labute approximate surface area is 277 Å². The second-order valence-electron chi connectivity index (χ2n) is 9.87. The molecule has 0 aliphatic heterocycles. The summed E-state index contributed by atoms with van der Waals surface area (Å²) in [6.45, 7) is 19.7. The van der Waals surface area contributed by atoms with Crippen LogP contribution in [0.2, 0.25) is 0 Å². The number of halogens is 6. The van der Waals surface area contributed by atoms with E-state index in [1.54, 1.807) is 0 Å². The first-order valence-electron chi connectivity index (χ1n) is 15.7. The maximum Gasteiger partial charge on any atom is 4.00 e. The molecule has 42 heavy (non-hydrogen) atoms. The molecular formula is C31H59F6GeHfN3. The molecule has 1 rings (SSSR count). The summed E-state index contributed by atoms with van der Waals surface area (Å²) in [7, 11) is 0. The van der Waals surface area contributed by atoms with Gasteiger partial charge in [0.1, 0.15) is 0 Å². The summed E-state index contributed by atoms with van der Waals surface area (Å²) in [5, 5.41) is 2.83. The van der Waals surface area contributed by atoms with Crippen molar-refractivity contribution in [1.29, 1.82) is 0 Å². The Bertz CT molecular complexity index is 537. The molecule has 1 aromatic rings. The molecule has 11 heteroatoms. The zero-order chi connectivity index (χ0) is 31.8. The first kappa shape index (κ1) is 49.1. The molecule has 0 saturated heterocycles. The van der Waals surface area contributed by atoms with Gasteiger partial charge in [0.05, 0.1) is 0 Å². The summed E-state index contributed by atoms with van der Waals surface area (Å²) >= 11 is -5.46. The molecule has 0 atom stereocenters. The average molecular weight is 839 g/mol. The smallest absolute Gasteiger partial charge is 4.00 e. The Kier molecular flexibility index (Phi) is 41.7. The number of hydrogen-bond donors (Lipinski definition) is 0. The number of nitrogens with zero attached hydrogens (tertiary/aromatic N) is 3. The molecule has 0 saturated carbocycles. The maximum absolute atomic E-state index is 12.1. The summed E-state index contributed by atoms with van der Waals surface area (Å²) < 4.78 is 72.3. The monoisotopic (exact) mass is 841 g/mol. The van der Waals surface area contributed by atoms with Crippen LogP contribution in [0.3, 0.4) is 0 Å². The molecule has 248 valence electrons. The summed E-state index contributed by atoms with van der Waals surface area (Å²) in [5.74, 6) is 0. The minimum absolute atomic E-state index is 0. The fourth-order valence-corrected chi connectivity index (χ4v) is 6.74. The van der Waals surface area contributed by atoms with Gasteiger partial charge in [-0.15, -0.1) is 39.3 Å². The van der Waals surface area contributed by atoms with E-state index in [1.165, 1.54) is 89.2 Å². The largest absolute Gasteiger partial charge is 4.00 e. The van der Waals surface area contributed by atoms with E-state index in [1.807, 2.05) is 0 Å². The van der Waals surface area contributed by atoms with Crippen LogP contribution < -0.4 is 4.40 Å². The van der Waals surface area contributed by atoms with Gasteiger partial charge in [-0.25, -0.2) is 0 Å². The molecule has 0 radical (unpaired) electrons. The summed E-state index contributed by atoms with van der Waals surface area (Å²) in [6, 6.07) is 4.16. The molecule has 0 aliphatic rings. The molecule has 0 N–H and O–H groups in total. The van der Waals surface area contributed by atoms with Crippen molar-refractivity contribution < 1.29 is 52.2 Å². The maximum atomic E-state index is 12.1. The van der Waals surface area contributed by atoms with Crippen molar-refractivity contribution >= 4 is 18.7 Å². The Morgan fingerprint density at radius 1 is 0.476 bits per heavy atom. The Morgan fingerprint density at radius 2 is 0.690 bits per heavy atom. The minimum Gasteiger partial charge on any atom is 4.00 e. The van der Waals surface area contributed by atoms with Crippen molar-refractivity contribution in [3.63, 3.8) is 0 Å². The van der Waals surface area contributed by atoms with E-state index < -0.39 is 28.8 Å². The van der Waals surface area contributed by atoms with Crippen LogP contribution in [0.15, 0.2) is 24.3 Å². The van der Waals surface area contributed by atoms with E-state index in [0.717, 1.165) is 51.4 Å². The first-order valence-corrected chi connectivity index (χ1v) is 19.4. The van der Waals surface area contributed by atoms with Crippen LogP contribution >= 0.6 is 0 Å². The Morgan fingerprint density at radius 3 is 0.857 bits per heavy atom. The van der Waals surface area contributed by atoms with Gasteiger partial charge in [0.25, 0.3) is 0 Å². The van der Waals surface area contributed by atoms with E-state index in [0.29, 0.717) is 0 Å². The third-order valence-corrected chi connectivity index (χ3v) is 10.6. The van der Waals surface area contributed by atoms with Gasteiger partial charge in [-0.05, 0) is 0 Å². The summed E-state index contributed by atoms with van der Waals surface area (Å²) in [4.78, 5) is 0. The Hall–Kier alpha value is 0.223. The van der Waals surface area contributed by atoms with Gasteiger partial charge < -0.3 is 16.0 Å². The van der Waals surface area contributed by atoms with Gasteiger partial charge in [-0.2, -0.15) is 0 Å². The predicted octanol–water partition coefficient (Wildman–Crippen LogP) is 10.9. The molecular weight excluding hydrogens is 779 g/mol. The topological polar surface area (TPSA) is 42.3 Å². The van der Waals surface area contributed by atoms with E-state index in [4.69, 9.17) is 0 Å². The van der Waals surface area contributed by atoms with E-state index in [2.05, 4.69) is 57.5 Å². The molecule has 0 fully saturated rings. The van der Waals surface area contributed by atoms with Crippen molar-refractivity contribution in [2.45, 2.75) is 129 Å². The normalized spacial score (nSPS) is 11.0. The average Bonchev–Trinajstić information content (AvgIpc) is 3.42. The fourth-order valence-electron chi connectivity index (χ4n) is 3.10. The third-order valence-electron chi connectivity index (χ3n) is 5.70. The third kappa shape index (κ3) is 36.4. The SMILES string of the molecule is CCCC[N-]CCCC.CCCC[N-]CCCC.CCCC[N-]CCCC.F[C](F)(F)[GeH]([c-]1cccc1)[C](F)(F)F.[Hf+4]. The second-order valence-corrected chi connectivity index (χ2v) is 15.8. The van der Waals surface area contributed by atoms with Crippen molar-refractivity contribution in [3.8, 4) is 0 Å². The molecule has 0 aliphatic carbocycles. The van der Waals surface area contributed by atoms with Crippen LogP contribution in [0, 0.1) is 0 Å². The van der Waals surface area contributed by atoms with Crippen LogP contribution in [-0.4, -0.2) is 63.6 Å². The van der Waals surface area contributed by atoms with E-state index >= 15 is 0 Å². The predicted molar refractivity (Wildman–Crippen MR) is 170 cm³/mol. The molecule has 1 aromatic carbocycles. The van der Waals surface area contributed by atoms with Crippen LogP contribution in [0.1, 0.15) is 119 Å². The Balaban J connectivity index is -0.000000233. The van der Waals surface area contributed by atoms with Crippen LogP contribution in [0.25, 0.3) is 16.0 Å². The zero-order valence-corrected chi connectivity index (χ0v) is 33.2. The quantitative estimate of drug-likeness (QED) is 0.0577. The molecule has 0 bridgehead atoms. The van der Waals surface area contributed by atoms with Crippen LogP contribution in [0.5, 0.6) is 0 Å². The zero-order valence-electron chi connectivity index (χ0n) is 27.2. The molecule has 3 nitrogen and oxygen atoms in total. The van der Waals surface area contributed by atoms with Crippen molar-refractivity contribution in [3.05, 3.63) is 40.2 Å². The minimum atomic E-state index is -5.46. The molecule has 0 aromatic heterocycles. The van der Waals surface area contributed by atoms with E-state index in [9.17, 15) is 26.3 Å². The number of hydrogen-bond acceptors (Lipinski definition) is 0. The van der Waals surface area contributed by atoms with Gasteiger partial charge >= 0.3 is 105 Å². The van der Waals surface area contributed by atoms with Crippen LogP contribution in [-0.2, 0) is 25.8 Å². The van der Waals surface area contributed by atoms with E-state index in [-0.39, 0.29) is 25.8 Å². The standard InChI is InChI=1S/3C8H18N.C7H5F6Ge.Hf/c3*1-3-5-7-9-8-6-4-2;8-6(9,10)14(7(11,12)13)5-3-1-2-4-5;/h3*3-8H2,1-2H3;1-4,14H;/q4*-1;+4. The van der Waals surface area contributed by atoms with Crippen molar-refractivity contribution in [1.82, 2.24) is 0 Å². The van der Waals surface area contributed by atoms with Gasteiger partial charge in [-0.1, -0.05) is 119 Å². The second kappa shape index (κ2) is 35.7. The molecule has 0 heterocycles. The van der Waals surface area contributed by atoms with Gasteiger partial charge in [0, 0.05) is 0 Å². The van der Waals surface area contributed by atoms with Gasteiger partial charge in [0.2, 0.25) is 0 Å². The first-order chi connectivity index (χ1) is 19.5.